The van der Waals surface area contributed by atoms with Crippen LogP contribution in [-0.4, -0.2) is 78.2 Å². The topological polar surface area (TPSA) is 108 Å². The van der Waals surface area contributed by atoms with Crippen molar-refractivity contribution in [2.75, 3.05) is 41.4 Å². The summed E-state index contributed by atoms with van der Waals surface area (Å²) >= 11 is 0. The van der Waals surface area contributed by atoms with Gasteiger partial charge in [-0.05, 0) is 58.6 Å². The molecule has 0 bridgehead atoms. The molecule has 0 unspecified atom stereocenters. The Morgan fingerprint density at radius 1 is 1.19 bits per heavy atom. The first kappa shape index (κ1) is 23.3. The molecule has 0 aliphatic carbocycles. The molecule has 1 fully saturated rings. The number of benzene rings is 1. The van der Waals surface area contributed by atoms with E-state index in [0.29, 0.717) is 47.0 Å². The van der Waals surface area contributed by atoms with E-state index >= 15 is 0 Å². The number of likely N-dealkylation sites (tertiary alicyclic amines) is 1. The quantitative estimate of drug-likeness (QED) is 0.367. The molecule has 1 aliphatic rings. The Bertz CT molecular complexity index is 1040. The molecule has 1 saturated heterocycles. The fourth-order valence-corrected chi connectivity index (χ4v) is 4.07. The van der Waals surface area contributed by atoms with Crippen LogP contribution < -0.4 is 9.47 Å². The van der Waals surface area contributed by atoms with E-state index in [1.807, 2.05) is 19.0 Å². The molecule has 9 heteroatoms. The summed E-state index contributed by atoms with van der Waals surface area (Å²) < 4.78 is 10.8. The average molecular weight is 443 g/mol. The normalized spacial score (nSPS) is 18.0. The molecule has 1 aliphatic heterocycles. The Kier molecular flexibility index (Phi) is 6.88. The van der Waals surface area contributed by atoms with Crippen LogP contribution >= 0.6 is 0 Å². The van der Waals surface area contributed by atoms with Crippen LogP contribution in [0.1, 0.15) is 35.0 Å². The highest BCUT2D eigenvalue weighted by atomic mass is 16.5. The SMILES string of the molecule is COc1ccc([C@H]2/C(=C(\O)c3c(C)n[nH]c3C)C(=O)C(=O)N2CCCN(C)C)cc1OC. The molecule has 3 rings (SSSR count). The third kappa shape index (κ3) is 4.20. The summed E-state index contributed by atoms with van der Waals surface area (Å²) in [5.74, 6) is -0.583. The summed E-state index contributed by atoms with van der Waals surface area (Å²) in [4.78, 5) is 29.7. The summed E-state index contributed by atoms with van der Waals surface area (Å²) in [5, 5.41) is 18.1. The van der Waals surface area contributed by atoms with Gasteiger partial charge in [0.1, 0.15) is 5.76 Å². The number of Topliss-reactive ketones (excluding diaryl/α,β-unsaturated/α-hetero) is 1. The third-order valence-electron chi connectivity index (χ3n) is 5.63. The van der Waals surface area contributed by atoms with Gasteiger partial charge in [-0.3, -0.25) is 14.7 Å². The van der Waals surface area contributed by atoms with E-state index in [9.17, 15) is 14.7 Å². The number of amides is 1. The molecule has 1 atom stereocenters. The molecule has 1 aromatic heterocycles. The lowest BCUT2D eigenvalue weighted by Gasteiger charge is -2.26. The number of aliphatic hydroxyl groups excluding tert-OH is 1. The number of ketones is 1. The molecule has 2 aromatic rings. The smallest absolute Gasteiger partial charge is 0.295 e. The van der Waals surface area contributed by atoms with E-state index in [0.717, 1.165) is 6.54 Å². The molecule has 0 spiro atoms. The Morgan fingerprint density at radius 3 is 2.44 bits per heavy atom. The van der Waals surface area contributed by atoms with Crippen LogP contribution in [0.2, 0.25) is 0 Å². The maximum absolute atomic E-state index is 13.1. The molecule has 172 valence electrons. The largest absolute Gasteiger partial charge is 0.507 e. The Morgan fingerprint density at radius 2 is 1.88 bits per heavy atom. The van der Waals surface area contributed by atoms with Crippen LogP contribution in [-0.2, 0) is 9.59 Å². The Labute approximate surface area is 187 Å². The van der Waals surface area contributed by atoms with Crippen LogP contribution in [0.5, 0.6) is 11.5 Å². The lowest BCUT2D eigenvalue weighted by atomic mass is 9.94. The highest BCUT2D eigenvalue weighted by Crippen LogP contribution is 2.42. The number of H-pyrrole nitrogens is 1. The summed E-state index contributed by atoms with van der Waals surface area (Å²) in [7, 11) is 6.96. The molecule has 2 N–H and O–H groups in total. The number of nitrogens with zero attached hydrogens (tertiary/aromatic N) is 3. The molecule has 2 heterocycles. The number of aliphatic hydroxyl groups is 1. The van der Waals surface area contributed by atoms with Crippen molar-refractivity contribution < 1.29 is 24.2 Å². The number of aromatic nitrogens is 2. The summed E-state index contributed by atoms with van der Waals surface area (Å²) in [5.41, 5.74) is 2.28. The maximum atomic E-state index is 13.1. The maximum Gasteiger partial charge on any atom is 0.295 e. The van der Waals surface area contributed by atoms with Gasteiger partial charge in [-0.1, -0.05) is 6.07 Å². The van der Waals surface area contributed by atoms with Gasteiger partial charge in [0.15, 0.2) is 11.5 Å². The van der Waals surface area contributed by atoms with Crippen molar-refractivity contribution in [1.82, 2.24) is 20.0 Å². The van der Waals surface area contributed by atoms with E-state index in [1.165, 1.54) is 19.1 Å². The second kappa shape index (κ2) is 9.44. The van der Waals surface area contributed by atoms with Crippen LogP contribution in [0.4, 0.5) is 0 Å². The van der Waals surface area contributed by atoms with Gasteiger partial charge in [0.2, 0.25) is 0 Å². The van der Waals surface area contributed by atoms with Gasteiger partial charge < -0.3 is 24.4 Å². The fraction of sp³-hybridized carbons (Fsp3) is 0.435. The van der Waals surface area contributed by atoms with Crippen molar-refractivity contribution >= 4 is 17.4 Å². The second-order valence-corrected chi connectivity index (χ2v) is 8.07. The second-order valence-electron chi connectivity index (χ2n) is 8.07. The first-order valence-corrected chi connectivity index (χ1v) is 10.4. The molecule has 0 saturated carbocycles. The molecular weight excluding hydrogens is 412 g/mol. The first-order chi connectivity index (χ1) is 15.2. The minimum Gasteiger partial charge on any atom is -0.507 e. The zero-order valence-corrected chi connectivity index (χ0v) is 19.4. The van der Waals surface area contributed by atoms with Gasteiger partial charge in [0.05, 0.1) is 37.1 Å². The summed E-state index contributed by atoms with van der Waals surface area (Å²) in [6.07, 6.45) is 0.674. The fourth-order valence-electron chi connectivity index (χ4n) is 4.07. The predicted octanol–water partition coefficient (Wildman–Crippen LogP) is 2.42. The highest BCUT2D eigenvalue weighted by Gasteiger charge is 2.46. The predicted molar refractivity (Wildman–Crippen MR) is 120 cm³/mol. The van der Waals surface area contributed by atoms with Crippen LogP contribution in [0.15, 0.2) is 23.8 Å². The number of hydrogen-bond donors (Lipinski definition) is 2. The van der Waals surface area contributed by atoms with Crippen molar-refractivity contribution in [1.29, 1.82) is 0 Å². The first-order valence-electron chi connectivity index (χ1n) is 10.4. The van der Waals surface area contributed by atoms with Crippen LogP contribution in [0, 0.1) is 13.8 Å². The zero-order valence-electron chi connectivity index (χ0n) is 19.4. The minimum atomic E-state index is -0.759. The third-order valence-corrected chi connectivity index (χ3v) is 5.63. The van der Waals surface area contributed by atoms with E-state index in [4.69, 9.17) is 9.47 Å². The molecule has 1 amide bonds. The number of nitrogens with one attached hydrogen (secondary N) is 1. The number of methoxy groups -OCH3 is 2. The van der Waals surface area contributed by atoms with Gasteiger partial charge in [-0.15, -0.1) is 0 Å². The number of carbonyl (C=O) groups is 2. The highest BCUT2D eigenvalue weighted by molar-refractivity contribution is 6.46. The zero-order chi connectivity index (χ0) is 23.6. The van der Waals surface area contributed by atoms with Gasteiger partial charge in [0.25, 0.3) is 11.7 Å². The molecule has 0 radical (unpaired) electrons. The van der Waals surface area contributed by atoms with E-state index < -0.39 is 17.7 Å². The number of ether oxygens (including phenoxy) is 2. The van der Waals surface area contributed by atoms with E-state index in [-0.39, 0.29) is 11.3 Å². The van der Waals surface area contributed by atoms with Crippen molar-refractivity contribution in [2.45, 2.75) is 26.3 Å². The molecular formula is C23H30N4O5. The number of aromatic amines is 1. The lowest BCUT2D eigenvalue weighted by molar-refractivity contribution is -0.139. The van der Waals surface area contributed by atoms with E-state index in [1.54, 1.807) is 32.0 Å². The Balaban J connectivity index is 2.17. The standard InChI is InChI=1S/C23H30N4O5/c1-13-18(14(2)25-24-13)21(28)19-20(15-8-9-16(31-5)17(12-15)32-6)27(23(30)22(19)29)11-7-10-26(3)4/h8-9,12,20,28H,7,10-11H2,1-6H3,(H,24,25)/b21-19+/t20-/m0/s1. The molecule has 1 aromatic carbocycles. The van der Waals surface area contributed by atoms with Gasteiger partial charge in [0, 0.05) is 12.2 Å². The monoisotopic (exact) mass is 442 g/mol. The van der Waals surface area contributed by atoms with Gasteiger partial charge >= 0.3 is 0 Å². The number of carbonyl (C=O) groups excluding carboxylic acids is 2. The van der Waals surface area contributed by atoms with Crippen molar-refractivity contribution in [3.8, 4) is 11.5 Å². The van der Waals surface area contributed by atoms with Crippen LogP contribution in [0.25, 0.3) is 5.76 Å². The lowest BCUT2D eigenvalue weighted by Crippen LogP contribution is -2.32. The van der Waals surface area contributed by atoms with Crippen molar-refractivity contribution in [2.24, 2.45) is 0 Å². The Hall–Kier alpha value is -3.33. The summed E-state index contributed by atoms with van der Waals surface area (Å²) in [6.45, 7) is 4.61. The van der Waals surface area contributed by atoms with E-state index in [2.05, 4.69) is 10.2 Å². The van der Waals surface area contributed by atoms with Gasteiger partial charge in [-0.2, -0.15) is 5.10 Å². The number of aryl methyl sites for hydroxylation is 2. The number of rotatable bonds is 8. The summed E-state index contributed by atoms with van der Waals surface area (Å²) in [6, 6.07) is 4.48. The molecule has 32 heavy (non-hydrogen) atoms. The molecule has 9 nitrogen and oxygen atoms in total. The van der Waals surface area contributed by atoms with Gasteiger partial charge in [-0.25, -0.2) is 0 Å². The van der Waals surface area contributed by atoms with Crippen LogP contribution in [0.3, 0.4) is 0 Å². The van der Waals surface area contributed by atoms with Crippen molar-refractivity contribution in [3.05, 3.63) is 46.3 Å². The average Bonchev–Trinajstić information content (AvgIpc) is 3.23. The number of hydrogen-bond acceptors (Lipinski definition) is 7. The minimum absolute atomic E-state index is 0.0414. The van der Waals surface area contributed by atoms with Crippen molar-refractivity contribution in [3.63, 3.8) is 0 Å².